The van der Waals surface area contributed by atoms with Crippen molar-refractivity contribution in [2.75, 3.05) is 52.5 Å². The number of likely N-dealkylation sites (N-methyl/N-ethyl adjacent to an activating group) is 2. The van der Waals surface area contributed by atoms with E-state index in [-0.39, 0.29) is 49.2 Å². The number of nitrogens with one attached hydrogen (secondary N) is 1. The molecule has 0 aromatic heterocycles. The van der Waals surface area contributed by atoms with E-state index in [1.165, 1.54) is 0 Å². The summed E-state index contributed by atoms with van der Waals surface area (Å²) in [6.07, 6.45) is 2.22. The third-order valence-corrected chi connectivity index (χ3v) is 5.05. The lowest BCUT2D eigenvalue weighted by molar-refractivity contribution is -0.151. The summed E-state index contributed by atoms with van der Waals surface area (Å²) in [4.78, 5) is 28.9. The monoisotopic (exact) mass is 479 g/mol. The predicted octanol–water partition coefficient (Wildman–Crippen LogP) is 2.53. The molecule has 1 fully saturated rings. The lowest BCUT2D eigenvalue weighted by Crippen LogP contribution is -2.51. The number of hydrogen-bond acceptors (Lipinski definition) is 7. The molecule has 1 heterocycles. The third kappa shape index (κ3) is 12.9. The number of carbonyl (C=O) groups is 2. The van der Waals surface area contributed by atoms with Gasteiger partial charge >= 0.3 is 11.9 Å². The van der Waals surface area contributed by atoms with Gasteiger partial charge in [0, 0.05) is 13.1 Å². The fourth-order valence-electron chi connectivity index (χ4n) is 3.14. The lowest BCUT2D eigenvalue weighted by atomic mass is 9.98. The van der Waals surface area contributed by atoms with Crippen LogP contribution < -0.4 is 5.32 Å². The van der Waals surface area contributed by atoms with Gasteiger partial charge in [-0.15, -0.1) is 37.2 Å². The van der Waals surface area contributed by atoms with Gasteiger partial charge in [0.25, 0.3) is 0 Å². The molecule has 0 aromatic rings. The van der Waals surface area contributed by atoms with E-state index >= 15 is 0 Å². The van der Waals surface area contributed by atoms with Gasteiger partial charge in [-0.1, -0.05) is 27.7 Å². The van der Waals surface area contributed by atoms with E-state index in [4.69, 9.17) is 9.47 Å². The quantitative estimate of drug-likeness (QED) is 0.430. The Balaban J connectivity index is -0.00000225. The minimum atomic E-state index is -0.416. The molecular formula is C19H40Cl3N3O4. The van der Waals surface area contributed by atoms with Crippen molar-refractivity contribution in [3.8, 4) is 0 Å². The van der Waals surface area contributed by atoms with E-state index < -0.39 is 12.1 Å². The van der Waals surface area contributed by atoms with Crippen LogP contribution in [0.3, 0.4) is 0 Å². The predicted molar refractivity (Wildman–Crippen MR) is 124 cm³/mol. The molecule has 0 spiro atoms. The van der Waals surface area contributed by atoms with Gasteiger partial charge in [0.1, 0.15) is 25.3 Å². The molecule has 2 atom stereocenters. The molecule has 2 unspecified atom stereocenters. The first kappa shape index (κ1) is 33.3. The van der Waals surface area contributed by atoms with Gasteiger partial charge in [-0.25, -0.2) is 0 Å². The number of carbonyl (C=O) groups excluding carboxylic acids is 2. The number of piperidine rings is 1. The van der Waals surface area contributed by atoms with Crippen molar-refractivity contribution in [3.63, 3.8) is 0 Å². The molecule has 0 saturated carbocycles. The van der Waals surface area contributed by atoms with Gasteiger partial charge in [-0.05, 0) is 45.4 Å². The molecule has 1 N–H and O–H groups in total. The summed E-state index contributed by atoms with van der Waals surface area (Å²) in [7, 11) is 0. The molecule has 1 aliphatic rings. The number of ether oxygens (including phenoxy) is 2. The summed E-state index contributed by atoms with van der Waals surface area (Å²) >= 11 is 0. The Bertz CT molecular complexity index is 390. The van der Waals surface area contributed by atoms with Crippen LogP contribution in [0.2, 0.25) is 0 Å². The number of rotatable bonds is 12. The zero-order valence-corrected chi connectivity index (χ0v) is 20.6. The largest absolute Gasteiger partial charge is 0.463 e. The van der Waals surface area contributed by atoms with Crippen molar-refractivity contribution in [1.82, 2.24) is 15.1 Å². The second-order valence-electron chi connectivity index (χ2n) is 6.59. The van der Waals surface area contributed by atoms with Crippen LogP contribution in [0.4, 0.5) is 0 Å². The summed E-state index contributed by atoms with van der Waals surface area (Å²) in [5.41, 5.74) is 0. The molecule has 0 aliphatic carbocycles. The zero-order valence-electron chi connectivity index (χ0n) is 18.2. The Morgan fingerprint density at radius 3 is 1.41 bits per heavy atom. The molecule has 7 nitrogen and oxygen atoms in total. The van der Waals surface area contributed by atoms with Gasteiger partial charge in [-0.2, -0.15) is 0 Å². The van der Waals surface area contributed by atoms with Crippen molar-refractivity contribution in [2.45, 2.75) is 59.0 Å². The zero-order chi connectivity index (χ0) is 19.4. The van der Waals surface area contributed by atoms with E-state index in [0.717, 1.165) is 45.7 Å². The first-order valence-corrected chi connectivity index (χ1v) is 10.1. The van der Waals surface area contributed by atoms with Crippen LogP contribution in [0.5, 0.6) is 0 Å². The van der Waals surface area contributed by atoms with E-state index in [1.54, 1.807) is 0 Å². The highest BCUT2D eigenvalue weighted by atomic mass is 35.5. The van der Waals surface area contributed by atoms with E-state index in [9.17, 15) is 9.59 Å². The molecule has 10 heteroatoms. The number of hydrogen-bond donors (Lipinski definition) is 1. The molecule has 0 bridgehead atoms. The lowest BCUT2D eigenvalue weighted by Gasteiger charge is -2.29. The van der Waals surface area contributed by atoms with Crippen LogP contribution in [0.25, 0.3) is 0 Å². The highest BCUT2D eigenvalue weighted by molar-refractivity contribution is 5.86. The first-order chi connectivity index (χ1) is 12.5. The smallest absolute Gasteiger partial charge is 0.323 e. The minimum Gasteiger partial charge on any atom is -0.463 e. The summed E-state index contributed by atoms with van der Waals surface area (Å²) in [6, 6.07) is -0.832. The fraction of sp³-hybridized carbons (Fsp3) is 0.895. The standard InChI is InChI=1S/C19H37N3O4.3ClH/c1-5-21(6-2)12-14-25-18(23)16-10-9-11-17(20-16)19(24)26-15-13-22(7-3)8-4;;;/h16-17,20H,5-15H2,1-4H3;3*1H. The Hall–Kier alpha value is -0.310. The van der Waals surface area contributed by atoms with Crippen molar-refractivity contribution < 1.29 is 19.1 Å². The van der Waals surface area contributed by atoms with E-state index in [1.807, 2.05) is 0 Å². The third-order valence-electron chi connectivity index (χ3n) is 5.05. The first-order valence-electron chi connectivity index (χ1n) is 10.1. The van der Waals surface area contributed by atoms with Crippen molar-refractivity contribution in [3.05, 3.63) is 0 Å². The highest BCUT2D eigenvalue weighted by Gasteiger charge is 2.32. The normalized spacial score (nSPS) is 18.3. The van der Waals surface area contributed by atoms with Gasteiger partial charge in [0.05, 0.1) is 0 Å². The van der Waals surface area contributed by atoms with Crippen LogP contribution >= 0.6 is 37.2 Å². The van der Waals surface area contributed by atoms with Crippen LogP contribution in [0.15, 0.2) is 0 Å². The fourth-order valence-corrected chi connectivity index (χ4v) is 3.14. The Labute approximate surface area is 194 Å². The highest BCUT2D eigenvalue weighted by Crippen LogP contribution is 2.15. The molecule has 1 rings (SSSR count). The average Bonchev–Trinajstić information content (AvgIpc) is 2.68. The second-order valence-corrected chi connectivity index (χ2v) is 6.59. The van der Waals surface area contributed by atoms with E-state index in [2.05, 4.69) is 42.8 Å². The molecule has 176 valence electrons. The number of esters is 2. The van der Waals surface area contributed by atoms with Crippen LogP contribution in [-0.2, 0) is 19.1 Å². The SMILES string of the molecule is CCN(CC)CCOC(=O)C1CCCC(C(=O)OCCN(CC)CC)N1.Cl.Cl.Cl. The number of halogens is 3. The molecule has 29 heavy (non-hydrogen) atoms. The van der Waals surface area contributed by atoms with Gasteiger partial charge in [0.15, 0.2) is 0 Å². The average molecular weight is 481 g/mol. The molecule has 0 radical (unpaired) electrons. The molecule has 0 aromatic carbocycles. The van der Waals surface area contributed by atoms with Crippen LogP contribution in [0.1, 0.15) is 47.0 Å². The Morgan fingerprint density at radius 1 is 0.759 bits per heavy atom. The van der Waals surface area contributed by atoms with Crippen molar-refractivity contribution in [2.24, 2.45) is 0 Å². The van der Waals surface area contributed by atoms with Crippen molar-refractivity contribution in [1.29, 1.82) is 0 Å². The van der Waals surface area contributed by atoms with Gasteiger partial charge in [0.2, 0.25) is 0 Å². The van der Waals surface area contributed by atoms with Crippen LogP contribution in [0, 0.1) is 0 Å². The minimum absolute atomic E-state index is 0. The summed E-state index contributed by atoms with van der Waals surface area (Å²) < 4.78 is 10.8. The summed E-state index contributed by atoms with van der Waals surface area (Å²) in [6.45, 7) is 14.4. The molecular weight excluding hydrogens is 441 g/mol. The number of nitrogens with zero attached hydrogens (tertiary/aromatic N) is 2. The maximum atomic E-state index is 12.2. The molecule has 1 saturated heterocycles. The topological polar surface area (TPSA) is 71.1 Å². The maximum absolute atomic E-state index is 12.2. The van der Waals surface area contributed by atoms with Crippen LogP contribution in [-0.4, -0.2) is 86.3 Å². The van der Waals surface area contributed by atoms with E-state index in [0.29, 0.717) is 26.1 Å². The molecule has 0 amide bonds. The van der Waals surface area contributed by atoms with Gasteiger partial charge in [-0.3, -0.25) is 14.9 Å². The maximum Gasteiger partial charge on any atom is 0.323 e. The van der Waals surface area contributed by atoms with Crippen molar-refractivity contribution >= 4 is 49.2 Å². The Morgan fingerprint density at radius 2 is 1.10 bits per heavy atom. The molecule has 1 aliphatic heterocycles. The Kier molecular flexibility index (Phi) is 22.6. The summed E-state index contributed by atoms with van der Waals surface area (Å²) in [5, 5.41) is 3.11. The second kappa shape index (κ2) is 19.6. The summed E-state index contributed by atoms with van der Waals surface area (Å²) in [5.74, 6) is -0.532. The van der Waals surface area contributed by atoms with Gasteiger partial charge < -0.3 is 19.3 Å².